The number of halogens is 2. The quantitative estimate of drug-likeness (QED) is 0.399. The van der Waals surface area contributed by atoms with Crippen LogP contribution in [-0.2, 0) is 16.3 Å². The van der Waals surface area contributed by atoms with Crippen LogP contribution in [0.2, 0.25) is 10.0 Å². The number of guanidine groups is 1. The van der Waals surface area contributed by atoms with Crippen molar-refractivity contribution in [2.24, 2.45) is 4.99 Å². The Morgan fingerprint density at radius 3 is 2.54 bits per heavy atom. The molecule has 1 aliphatic rings. The number of benzene rings is 1. The van der Waals surface area contributed by atoms with Gasteiger partial charge in [-0.15, -0.1) is 0 Å². The Bertz CT molecular complexity index is 711. The number of nitrogens with zero attached hydrogens (tertiary/aromatic N) is 2. The van der Waals surface area contributed by atoms with E-state index in [0.717, 1.165) is 44.0 Å². The van der Waals surface area contributed by atoms with Crippen LogP contribution in [0.25, 0.3) is 0 Å². The van der Waals surface area contributed by atoms with Crippen molar-refractivity contribution in [2.45, 2.75) is 12.8 Å². The SMILES string of the molecule is CN=C(NCCCc1ccc(Cl)cc1Cl)NCCN1CCS(=O)(=O)CC1. The third kappa shape index (κ3) is 7.31. The number of hydrogen-bond acceptors (Lipinski definition) is 4. The van der Waals surface area contributed by atoms with Gasteiger partial charge in [0.05, 0.1) is 11.5 Å². The highest BCUT2D eigenvalue weighted by molar-refractivity contribution is 7.91. The van der Waals surface area contributed by atoms with Crippen molar-refractivity contribution in [1.82, 2.24) is 15.5 Å². The molecular weight excluding hydrogens is 395 g/mol. The van der Waals surface area contributed by atoms with Crippen molar-refractivity contribution in [2.75, 3.05) is 51.3 Å². The maximum Gasteiger partial charge on any atom is 0.191 e. The smallest absolute Gasteiger partial charge is 0.191 e. The Morgan fingerprint density at radius 2 is 1.88 bits per heavy atom. The molecule has 6 nitrogen and oxygen atoms in total. The van der Waals surface area contributed by atoms with Crippen LogP contribution in [-0.4, -0.2) is 70.6 Å². The second kappa shape index (κ2) is 10.3. The van der Waals surface area contributed by atoms with Gasteiger partial charge in [-0.05, 0) is 30.5 Å². The maximum atomic E-state index is 11.4. The van der Waals surface area contributed by atoms with E-state index in [1.54, 1.807) is 13.1 Å². The fraction of sp³-hybridized carbons (Fsp3) is 0.588. The van der Waals surface area contributed by atoms with E-state index in [9.17, 15) is 8.42 Å². The van der Waals surface area contributed by atoms with Crippen LogP contribution in [0.4, 0.5) is 0 Å². The van der Waals surface area contributed by atoms with E-state index in [4.69, 9.17) is 23.2 Å². The zero-order valence-electron chi connectivity index (χ0n) is 15.0. The van der Waals surface area contributed by atoms with Crippen LogP contribution in [0, 0.1) is 0 Å². The molecular formula is C17H26Cl2N4O2S. The predicted octanol–water partition coefficient (Wildman–Crippen LogP) is 1.82. The number of aryl methyl sites for hydroxylation is 1. The number of hydrogen-bond donors (Lipinski definition) is 2. The number of aliphatic imine (C=N–C) groups is 1. The Balaban J connectivity index is 1.62. The minimum atomic E-state index is -2.82. The molecule has 0 bridgehead atoms. The lowest BCUT2D eigenvalue weighted by Crippen LogP contribution is -2.46. The average Bonchev–Trinajstić information content (AvgIpc) is 2.60. The van der Waals surface area contributed by atoms with E-state index in [1.807, 2.05) is 12.1 Å². The van der Waals surface area contributed by atoms with Gasteiger partial charge in [-0.1, -0.05) is 29.3 Å². The molecule has 1 fully saturated rings. The lowest BCUT2D eigenvalue weighted by atomic mass is 10.1. The maximum absolute atomic E-state index is 11.4. The first-order chi connectivity index (χ1) is 12.4. The van der Waals surface area contributed by atoms with E-state index in [2.05, 4.69) is 20.5 Å². The molecule has 0 spiro atoms. The standard InChI is InChI=1S/C17H26Cl2N4O2S/c1-20-17(22-7-8-23-9-11-26(24,25)12-10-23)21-6-2-3-14-4-5-15(18)13-16(14)19/h4-5,13H,2-3,6-12H2,1H3,(H2,20,21,22). The van der Waals surface area contributed by atoms with Crippen LogP contribution >= 0.6 is 23.2 Å². The monoisotopic (exact) mass is 420 g/mol. The Kier molecular flexibility index (Phi) is 8.47. The van der Waals surface area contributed by atoms with Crippen LogP contribution in [0.1, 0.15) is 12.0 Å². The molecule has 9 heteroatoms. The van der Waals surface area contributed by atoms with E-state index in [-0.39, 0.29) is 11.5 Å². The topological polar surface area (TPSA) is 73.8 Å². The van der Waals surface area contributed by atoms with Gasteiger partial charge in [-0.3, -0.25) is 9.89 Å². The van der Waals surface area contributed by atoms with Crippen molar-refractivity contribution >= 4 is 39.0 Å². The molecule has 0 atom stereocenters. The summed E-state index contributed by atoms with van der Waals surface area (Å²) in [6.45, 7) is 3.52. The molecule has 1 aliphatic heterocycles. The van der Waals surface area contributed by atoms with Crippen molar-refractivity contribution in [3.8, 4) is 0 Å². The van der Waals surface area contributed by atoms with Gasteiger partial charge in [0.2, 0.25) is 0 Å². The number of nitrogens with one attached hydrogen (secondary N) is 2. The van der Waals surface area contributed by atoms with Gasteiger partial charge < -0.3 is 10.6 Å². The average molecular weight is 421 g/mol. The highest BCUT2D eigenvalue weighted by atomic mass is 35.5. The first kappa shape index (κ1) is 21.3. The minimum absolute atomic E-state index is 0.257. The summed E-state index contributed by atoms with van der Waals surface area (Å²) in [5, 5.41) is 7.88. The molecule has 0 unspecified atom stereocenters. The number of sulfone groups is 1. The molecule has 0 radical (unpaired) electrons. The Morgan fingerprint density at radius 1 is 1.19 bits per heavy atom. The lowest BCUT2D eigenvalue weighted by Gasteiger charge is -2.26. The molecule has 146 valence electrons. The first-order valence-electron chi connectivity index (χ1n) is 8.71. The number of rotatable bonds is 7. The largest absolute Gasteiger partial charge is 0.356 e. The van der Waals surface area contributed by atoms with Gasteiger partial charge in [-0.2, -0.15) is 0 Å². The van der Waals surface area contributed by atoms with Gasteiger partial charge in [0.25, 0.3) is 0 Å². The summed E-state index contributed by atoms with van der Waals surface area (Å²) >= 11 is 12.1. The van der Waals surface area contributed by atoms with Gasteiger partial charge in [-0.25, -0.2) is 8.42 Å². The van der Waals surface area contributed by atoms with Gasteiger partial charge in [0, 0.05) is 49.8 Å². The minimum Gasteiger partial charge on any atom is -0.356 e. The lowest BCUT2D eigenvalue weighted by molar-refractivity contribution is 0.299. The molecule has 0 saturated carbocycles. The van der Waals surface area contributed by atoms with Crippen molar-refractivity contribution in [1.29, 1.82) is 0 Å². The van der Waals surface area contributed by atoms with E-state index >= 15 is 0 Å². The van der Waals surface area contributed by atoms with Crippen LogP contribution in [0.3, 0.4) is 0 Å². The van der Waals surface area contributed by atoms with Crippen LogP contribution < -0.4 is 10.6 Å². The fourth-order valence-electron chi connectivity index (χ4n) is 2.74. The van der Waals surface area contributed by atoms with Crippen molar-refractivity contribution in [3.63, 3.8) is 0 Å². The van der Waals surface area contributed by atoms with Gasteiger partial charge >= 0.3 is 0 Å². The van der Waals surface area contributed by atoms with Gasteiger partial charge in [0.1, 0.15) is 0 Å². The molecule has 0 aromatic heterocycles. The summed E-state index contributed by atoms with van der Waals surface area (Å²) in [7, 11) is -1.08. The molecule has 1 aromatic rings. The third-order valence-corrected chi connectivity index (χ3v) is 6.51. The summed E-state index contributed by atoms with van der Waals surface area (Å²) in [4.78, 5) is 6.36. The summed E-state index contributed by atoms with van der Waals surface area (Å²) in [5.74, 6) is 1.26. The molecule has 2 rings (SSSR count). The third-order valence-electron chi connectivity index (χ3n) is 4.31. The second-order valence-corrected chi connectivity index (χ2v) is 9.41. The molecule has 2 N–H and O–H groups in total. The van der Waals surface area contributed by atoms with Crippen LogP contribution in [0.5, 0.6) is 0 Å². The molecule has 1 heterocycles. The van der Waals surface area contributed by atoms with E-state index in [1.165, 1.54) is 0 Å². The predicted molar refractivity (Wildman–Crippen MR) is 109 cm³/mol. The highest BCUT2D eigenvalue weighted by Crippen LogP contribution is 2.21. The van der Waals surface area contributed by atoms with E-state index in [0.29, 0.717) is 23.1 Å². The van der Waals surface area contributed by atoms with Crippen LogP contribution in [0.15, 0.2) is 23.2 Å². The summed E-state index contributed by atoms with van der Waals surface area (Å²) in [5.41, 5.74) is 1.08. The normalized spacial score (nSPS) is 17.9. The molecule has 1 saturated heterocycles. The first-order valence-corrected chi connectivity index (χ1v) is 11.3. The molecule has 0 aliphatic carbocycles. The zero-order valence-corrected chi connectivity index (χ0v) is 17.3. The molecule has 0 amide bonds. The fourth-order valence-corrected chi connectivity index (χ4v) is 4.52. The second-order valence-electron chi connectivity index (χ2n) is 6.26. The summed E-state index contributed by atoms with van der Waals surface area (Å²) < 4.78 is 22.9. The Hall–Kier alpha value is -1.02. The zero-order chi connectivity index (χ0) is 19.0. The molecule has 1 aromatic carbocycles. The Labute approximate surface area is 165 Å². The van der Waals surface area contributed by atoms with Crippen molar-refractivity contribution in [3.05, 3.63) is 33.8 Å². The van der Waals surface area contributed by atoms with Gasteiger partial charge in [0.15, 0.2) is 15.8 Å². The summed E-state index contributed by atoms with van der Waals surface area (Å²) in [6, 6.07) is 5.57. The van der Waals surface area contributed by atoms with E-state index < -0.39 is 9.84 Å². The summed E-state index contributed by atoms with van der Waals surface area (Å²) in [6.07, 6.45) is 1.79. The molecule has 26 heavy (non-hydrogen) atoms. The van der Waals surface area contributed by atoms with Crippen molar-refractivity contribution < 1.29 is 8.42 Å². The highest BCUT2D eigenvalue weighted by Gasteiger charge is 2.20.